The molecule has 21 aromatic rings. The summed E-state index contributed by atoms with van der Waals surface area (Å²) in [5.74, 6) is 0. The first-order valence-electron chi connectivity index (χ1n) is 44.4. The average Bonchev–Trinajstić information content (AvgIpc) is 1.60. The summed E-state index contributed by atoms with van der Waals surface area (Å²) in [6, 6.07) is 130. The van der Waals surface area contributed by atoms with Gasteiger partial charge in [-0.15, -0.1) is 0 Å². The Bertz CT molecular complexity index is 7730. The van der Waals surface area contributed by atoms with E-state index in [2.05, 4.69) is 461 Å². The van der Waals surface area contributed by atoms with Crippen molar-refractivity contribution in [2.45, 2.75) is 131 Å². The second-order valence-corrected chi connectivity index (χ2v) is 40.5. The minimum absolute atomic E-state index is 0.162. The molecule has 0 N–H and O–H groups in total. The number of hydrogen-bond acceptors (Lipinski definition) is 2. The number of para-hydroxylation sites is 4. The Hall–Kier alpha value is -13.7. The highest BCUT2D eigenvalue weighted by molar-refractivity contribution is 7.00. The Labute approximate surface area is 727 Å². The summed E-state index contributed by atoms with van der Waals surface area (Å²) in [4.78, 5) is 5.60. The molecule has 0 radical (unpaired) electrons. The fourth-order valence-corrected chi connectivity index (χ4v) is 21.3. The predicted molar refractivity (Wildman–Crippen MR) is 534 cm³/mol. The van der Waals surface area contributed by atoms with Crippen LogP contribution in [-0.2, 0) is 27.1 Å². The molecule has 6 heteroatoms. The van der Waals surface area contributed by atoms with Crippen molar-refractivity contribution in [1.82, 2.24) is 13.7 Å². The molecule has 0 unspecified atom stereocenters. The minimum atomic E-state index is -0.331. The van der Waals surface area contributed by atoms with E-state index in [0.29, 0.717) is 0 Å². The first-order chi connectivity index (χ1) is 59.7. The number of rotatable bonds is 9. The Kier molecular flexibility index (Phi) is 16.3. The van der Waals surface area contributed by atoms with Crippen LogP contribution in [0.2, 0.25) is 0 Å². The summed E-state index contributed by atoms with van der Waals surface area (Å²) in [7, 11) is 0. The highest BCUT2D eigenvalue weighted by Gasteiger charge is 2.47. The van der Waals surface area contributed by atoms with Crippen LogP contribution >= 0.6 is 0 Å². The second kappa shape index (κ2) is 26.9. The van der Waals surface area contributed by atoms with E-state index in [1.165, 1.54) is 142 Å². The van der Waals surface area contributed by atoms with Crippen LogP contribution in [0.25, 0.3) is 159 Å². The maximum atomic E-state index is 2.81. The number of anilines is 6. The van der Waals surface area contributed by atoms with E-state index < -0.39 is 0 Å². The third-order valence-corrected chi connectivity index (χ3v) is 27.6. The first-order valence-corrected chi connectivity index (χ1v) is 44.4. The quantitative estimate of drug-likeness (QED) is 0.0816. The van der Waals surface area contributed by atoms with Gasteiger partial charge in [-0.3, -0.25) is 0 Å². The number of aromatic nitrogens is 3. The number of hydrogen-bond donors (Lipinski definition) is 0. The lowest BCUT2D eigenvalue weighted by molar-refractivity contribution is 0.589. The van der Waals surface area contributed by atoms with Crippen LogP contribution in [0.4, 0.5) is 34.1 Å². The van der Waals surface area contributed by atoms with E-state index in [4.69, 9.17) is 0 Å². The molecule has 5 nitrogen and oxygen atoms in total. The van der Waals surface area contributed by atoms with Gasteiger partial charge in [-0.25, -0.2) is 0 Å². The SMILES string of the molecule is CC(C)(C)c1cccc(-c2cc(C(C)(C)C)cc(-c3cccc(C(C)(C)C)c3)c2N2c3cc(-n4c5ccccc5c5ccccc54)ccc3B3c4ccc(-n5c6ccccc6c6ccccc65)cc4N(c4c(-c5cccc(C(C)(C)C)c5)cc(C(C)(C)C)cc4-n4c5ccc6cccc7c8cccc9ccc4c(c98)c5c67)c4cc(-c5ccccc5)cc2c43)c1. The normalized spacial score (nSPS) is 13.4. The van der Waals surface area contributed by atoms with Crippen LogP contribution in [0.1, 0.15) is 132 Å². The lowest BCUT2D eigenvalue weighted by Crippen LogP contribution is -2.61. The summed E-state index contributed by atoms with van der Waals surface area (Å²) in [6.45, 7) is 35.3. The largest absolute Gasteiger partial charge is 0.310 e. The molecule has 0 saturated carbocycles. The standard InChI is InChI=1S/C118H100BN5/c1-114(2,3)78-39-27-36-74(60-78)91-65-81(117(10,11)12)66-92(75-37-28-40-79(61-75)115(4,5)6)112(91)123-102-69-83(120-96-48-23-19-42-85(96)86-43-20-24-49-97(86)120)54-56-94(102)119-95-57-55-84(121-98-50-25-21-44-87(98)88-45-22-26-51-99(88)121)70-103(95)124(105-64-77(63-104(123)111(105)119)71-32-17-16-18-33-71)113-93(76-38-29-41-80(62-76)116(7,8)9)67-82(118(13,14)15)68-106(113)122-100-58-52-72-34-30-46-89-90-47-31-35-73-53-59-101(122)110(108(73)90)109(100)107(72)89/h16-70H,1-15H3. The van der Waals surface area contributed by atoms with Crippen molar-refractivity contribution in [3.63, 3.8) is 0 Å². The van der Waals surface area contributed by atoms with E-state index >= 15 is 0 Å². The van der Waals surface area contributed by atoms with Crippen LogP contribution in [-0.4, -0.2) is 20.4 Å². The molecule has 23 rings (SSSR count). The molecule has 2 aliphatic rings. The van der Waals surface area contributed by atoms with Gasteiger partial charge in [-0.1, -0.05) is 340 Å². The van der Waals surface area contributed by atoms with Crippen LogP contribution in [0.15, 0.2) is 334 Å². The number of nitrogens with zero attached hydrogens (tertiary/aromatic N) is 5. The van der Waals surface area contributed by atoms with Gasteiger partial charge in [0.2, 0.25) is 0 Å². The summed E-state index contributed by atoms with van der Waals surface area (Å²) >= 11 is 0. The smallest absolute Gasteiger partial charge is 0.252 e. The molecule has 0 bridgehead atoms. The maximum absolute atomic E-state index is 2.81. The van der Waals surface area contributed by atoms with Gasteiger partial charge in [0, 0.05) is 83.1 Å². The molecule has 0 amide bonds. The topological polar surface area (TPSA) is 21.3 Å². The van der Waals surface area contributed by atoms with Gasteiger partial charge in [0.1, 0.15) is 0 Å². The summed E-state index contributed by atoms with van der Waals surface area (Å²) in [5.41, 5.74) is 35.0. The van der Waals surface area contributed by atoms with Crippen LogP contribution < -0.4 is 26.2 Å². The fourth-order valence-electron chi connectivity index (χ4n) is 21.3. The van der Waals surface area contributed by atoms with Gasteiger partial charge >= 0.3 is 0 Å². The molecule has 3 aromatic heterocycles. The molecule has 0 spiro atoms. The molecule has 600 valence electrons. The zero-order valence-electron chi connectivity index (χ0n) is 73.6. The molecular formula is C118H100BN5. The molecule has 18 aromatic carbocycles. The zero-order valence-corrected chi connectivity index (χ0v) is 73.6. The second-order valence-electron chi connectivity index (χ2n) is 40.5. The van der Waals surface area contributed by atoms with E-state index in [1.807, 2.05) is 0 Å². The third kappa shape index (κ3) is 11.4. The minimum Gasteiger partial charge on any atom is -0.310 e. The summed E-state index contributed by atoms with van der Waals surface area (Å²) < 4.78 is 7.79. The predicted octanol–water partition coefficient (Wildman–Crippen LogP) is 30.6. The summed E-state index contributed by atoms with van der Waals surface area (Å²) in [6.07, 6.45) is 0. The summed E-state index contributed by atoms with van der Waals surface area (Å²) in [5, 5.41) is 15.1. The van der Waals surface area contributed by atoms with Crippen molar-refractivity contribution >= 4 is 155 Å². The maximum Gasteiger partial charge on any atom is 0.252 e. The van der Waals surface area contributed by atoms with Crippen molar-refractivity contribution < 1.29 is 0 Å². The Balaban J connectivity index is 0.941. The van der Waals surface area contributed by atoms with Gasteiger partial charge in [0.25, 0.3) is 6.71 Å². The lowest BCUT2D eigenvalue weighted by atomic mass is 9.33. The van der Waals surface area contributed by atoms with Crippen molar-refractivity contribution in [2.24, 2.45) is 0 Å². The van der Waals surface area contributed by atoms with Gasteiger partial charge in [0.05, 0.1) is 50.2 Å². The molecule has 0 saturated heterocycles. The van der Waals surface area contributed by atoms with E-state index in [1.54, 1.807) is 0 Å². The van der Waals surface area contributed by atoms with Crippen molar-refractivity contribution in [3.8, 4) is 61.6 Å². The molecule has 0 aliphatic carbocycles. The van der Waals surface area contributed by atoms with Crippen LogP contribution in [0.5, 0.6) is 0 Å². The van der Waals surface area contributed by atoms with Gasteiger partial charge in [0.15, 0.2) is 0 Å². The van der Waals surface area contributed by atoms with E-state index in [-0.39, 0.29) is 33.8 Å². The van der Waals surface area contributed by atoms with Crippen molar-refractivity contribution in [3.05, 3.63) is 361 Å². The van der Waals surface area contributed by atoms with Crippen LogP contribution in [0.3, 0.4) is 0 Å². The lowest BCUT2D eigenvalue weighted by Gasteiger charge is -2.46. The Morgan fingerprint density at radius 1 is 0.210 bits per heavy atom. The molecule has 2 aliphatic heterocycles. The average molecular weight is 1600 g/mol. The van der Waals surface area contributed by atoms with E-state index in [0.717, 1.165) is 95.5 Å². The zero-order chi connectivity index (χ0) is 84.7. The van der Waals surface area contributed by atoms with Crippen LogP contribution in [0, 0.1) is 0 Å². The monoisotopic (exact) mass is 1600 g/mol. The van der Waals surface area contributed by atoms with Gasteiger partial charge in [-0.05, 0) is 228 Å². The van der Waals surface area contributed by atoms with E-state index in [9.17, 15) is 0 Å². The number of fused-ring (bicyclic) bond motifs is 11. The molecule has 124 heavy (non-hydrogen) atoms. The third-order valence-electron chi connectivity index (χ3n) is 27.6. The van der Waals surface area contributed by atoms with Crippen molar-refractivity contribution in [1.29, 1.82) is 0 Å². The molecule has 5 heterocycles. The number of benzene rings is 18. The van der Waals surface area contributed by atoms with Crippen molar-refractivity contribution in [2.75, 3.05) is 9.80 Å². The molecular weight excluding hydrogens is 1500 g/mol. The molecule has 0 atom stereocenters. The van der Waals surface area contributed by atoms with Gasteiger partial charge in [-0.2, -0.15) is 0 Å². The van der Waals surface area contributed by atoms with Gasteiger partial charge < -0.3 is 23.5 Å². The first kappa shape index (κ1) is 75.3. The fraction of sp³-hybridized carbons (Fsp3) is 0.169. The highest BCUT2D eigenvalue weighted by Crippen LogP contribution is 2.58. The molecule has 0 fully saturated rings. The Morgan fingerprint density at radius 2 is 0.556 bits per heavy atom. The highest BCUT2D eigenvalue weighted by atomic mass is 15.2. The Morgan fingerprint density at radius 3 is 0.960 bits per heavy atom.